The van der Waals surface area contributed by atoms with E-state index in [2.05, 4.69) is 106 Å². The lowest BCUT2D eigenvalue weighted by Crippen LogP contribution is -2.47. The molecule has 0 aromatic heterocycles. The van der Waals surface area contributed by atoms with Gasteiger partial charge in [-0.2, -0.15) is 0 Å². The van der Waals surface area contributed by atoms with Crippen LogP contribution in [0.15, 0.2) is 60.3 Å². The van der Waals surface area contributed by atoms with E-state index in [0.717, 1.165) is 82.0 Å². The van der Waals surface area contributed by atoms with Crippen molar-refractivity contribution >= 4 is 18.0 Å². The number of ether oxygens (including phenoxy) is 1. The Hall–Kier alpha value is -2.57. The lowest BCUT2D eigenvalue weighted by atomic mass is 9.74. The Morgan fingerprint density at radius 1 is 1.00 bits per heavy atom. The van der Waals surface area contributed by atoms with Crippen molar-refractivity contribution in [3.63, 3.8) is 0 Å². The lowest BCUT2D eigenvalue weighted by Gasteiger charge is -2.45. The Morgan fingerprint density at radius 3 is 2.19 bits per heavy atom. The summed E-state index contributed by atoms with van der Waals surface area (Å²) in [6.07, 6.45) is 26.6. The van der Waals surface area contributed by atoms with Crippen molar-refractivity contribution in [2.45, 2.75) is 243 Å². The van der Waals surface area contributed by atoms with Crippen LogP contribution < -0.4 is 11.1 Å². The monoisotopic (exact) mass is 895 g/mol. The minimum atomic E-state index is -0.692. The van der Waals surface area contributed by atoms with Gasteiger partial charge in [-0.1, -0.05) is 137 Å². The Balaban J connectivity index is 0. The van der Waals surface area contributed by atoms with Gasteiger partial charge in [-0.3, -0.25) is 14.4 Å². The number of unbranched alkanes of at least 4 members (excludes halogenated alkanes) is 1. The summed E-state index contributed by atoms with van der Waals surface area (Å²) in [7, 11) is 0. The van der Waals surface area contributed by atoms with Crippen LogP contribution in [0.1, 0.15) is 226 Å². The van der Waals surface area contributed by atoms with Gasteiger partial charge in [-0.15, -0.1) is 6.58 Å². The highest BCUT2D eigenvalue weighted by Crippen LogP contribution is 2.39. The third-order valence-corrected chi connectivity index (χ3v) is 13.8. The van der Waals surface area contributed by atoms with E-state index in [4.69, 9.17) is 10.5 Å². The predicted molar refractivity (Wildman–Crippen MR) is 281 cm³/mol. The van der Waals surface area contributed by atoms with E-state index >= 15 is 0 Å². The van der Waals surface area contributed by atoms with E-state index in [1.807, 2.05) is 34.6 Å². The minimum absolute atomic E-state index is 0.00558. The largest absolute Gasteiger partial charge is 0.372 e. The van der Waals surface area contributed by atoms with Crippen LogP contribution in [0.5, 0.6) is 0 Å². The van der Waals surface area contributed by atoms with Gasteiger partial charge in [-0.25, -0.2) is 0 Å². The van der Waals surface area contributed by atoms with Crippen molar-refractivity contribution in [2.75, 3.05) is 6.54 Å². The second-order valence-electron chi connectivity index (χ2n) is 20.5. The van der Waals surface area contributed by atoms with Gasteiger partial charge in [0.25, 0.3) is 0 Å². The van der Waals surface area contributed by atoms with Crippen LogP contribution in [0.4, 0.5) is 0 Å². The molecule has 1 aliphatic heterocycles. The smallest absolute Gasteiger partial charge is 0.222 e. The molecular weight excluding hydrogens is 789 g/mol. The van der Waals surface area contributed by atoms with Crippen molar-refractivity contribution < 1.29 is 19.1 Å². The quantitative estimate of drug-likeness (QED) is 0.0488. The van der Waals surface area contributed by atoms with Crippen molar-refractivity contribution in [2.24, 2.45) is 47.2 Å². The molecule has 64 heavy (non-hydrogen) atoms. The zero-order valence-electron chi connectivity index (χ0n) is 44.9. The van der Waals surface area contributed by atoms with Crippen LogP contribution in [0, 0.1) is 41.4 Å². The fourth-order valence-electron chi connectivity index (χ4n) is 9.59. The number of aldehydes is 1. The van der Waals surface area contributed by atoms with Gasteiger partial charge in [0.15, 0.2) is 0 Å². The van der Waals surface area contributed by atoms with Crippen molar-refractivity contribution in [3.05, 3.63) is 60.3 Å². The molecule has 1 saturated heterocycles. The van der Waals surface area contributed by atoms with Crippen molar-refractivity contribution in [3.8, 4) is 0 Å². The first kappa shape index (κ1) is 63.5. The second kappa shape index (κ2) is 35.6. The molecule has 9 atom stereocenters. The number of amides is 1. The van der Waals surface area contributed by atoms with Crippen LogP contribution in [0.2, 0.25) is 0 Å². The molecule has 1 amide bonds. The van der Waals surface area contributed by atoms with Crippen LogP contribution in [-0.4, -0.2) is 41.8 Å². The second-order valence-corrected chi connectivity index (χ2v) is 20.5. The number of Topliss-reactive ketones (excluding diaryl/α,β-unsaturated/α-hetero) is 1. The standard InChI is InChI=1S/C45H78N2O3.C6H10O.C3H6.2C2H6/c1-12-40-17-15-18-41(28-40)27-39(9)45(46,30-43(49)47-23-14-13-16-35(5)31-48)29-36(6)25-33(3)20-19-32(2)24-34(4)21-22-42-37(7)26-38(8)44(10,11)50-42;1-5-2-3-6(7)4-5;1-3-2;2*1-2/h19,27,31,34,36-38,40-42H,3,5,12-18,20-26,28-30,46H2,1-2,4,6-11H3,(H,47,49);5H,2-4H2,1H3;3H,1H2,2H3;2*1-2H3/b32-19+,39-27+;;;;/t;5-;;;/m.0.../s1. The highest BCUT2D eigenvalue weighted by molar-refractivity contribution is 5.80. The molecule has 372 valence electrons. The van der Waals surface area contributed by atoms with Gasteiger partial charge in [0.05, 0.1) is 11.7 Å². The molecular formula is C58H106N2O4. The molecule has 1 heterocycles. The fraction of sp³-hybridized carbons (Fsp3) is 0.776. The third kappa shape index (κ3) is 27.8. The van der Waals surface area contributed by atoms with Gasteiger partial charge in [0.2, 0.25) is 5.91 Å². The highest BCUT2D eigenvalue weighted by atomic mass is 16.5. The molecule has 0 spiro atoms. The van der Waals surface area contributed by atoms with E-state index in [1.165, 1.54) is 56.1 Å². The van der Waals surface area contributed by atoms with Gasteiger partial charge in [0.1, 0.15) is 12.1 Å². The maximum absolute atomic E-state index is 13.2. The number of hydrogen-bond acceptors (Lipinski definition) is 5. The maximum atomic E-state index is 13.2. The SMILES string of the molecule is C=C(C=O)CCCCNC(=O)CC(N)(CC(C)CC(=C)C/C=C(\C)CC(C)CCC1OC(C)(C)C(C)CC1C)/C(C)=C/C1CCCC(CC)C1.C=CC.CC.CC.C[C@H]1CCC(=O)C1. The van der Waals surface area contributed by atoms with Crippen LogP contribution in [0.3, 0.4) is 0 Å². The van der Waals surface area contributed by atoms with Gasteiger partial charge >= 0.3 is 0 Å². The number of hydrogen-bond donors (Lipinski definition) is 2. The van der Waals surface area contributed by atoms with E-state index in [9.17, 15) is 14.4 Å². The summed E-state index contributed by atoms with van der Waals surface area (Å²) >= 11 is 0. The predicted octanol–water partition coefficient (Wildman–Crippen LogP) is 15.9. The van der Waals surface area contributed by atoms with E-state index in [-0.39, 0.29) is 17.9 Å². The molecule has 0 radical (unpaired) electrons. The molecule has 6 nitrogen and oxygen atoms in total. The molecule has 6 heteroatoms. The normalized spacial score (nSPS) is 24.8. The molecule has 3 aliphatic rings. The van der Waals surface area contributed by atoms with Gasteiger partial charge in [0, 0.05) is 31.3 Å². The molecule has 3 rings (SSSR count). The first-order valence-corrected chi connectivity index (χ1v) is 26.1. The summed E-state index contributed by atoms with van der Waals surface area (Å²) < 4.78 is 6.55. The average molecular weight is 895 g/mol. The number of nitrogens with two attached hydrogens (primary N) is 1. The average Bonchev–Trinajstić information content (AvgIpc) is 3.64. The highest BCUT2D eigenvalue weighted by Gasteiger charge is 2.38. The lowest BCUT2D eigenvalue weighted by molar-refractivity contribution is -0.163. The van der Waals surface area contributed by atoms with Crippen LogP contribution in [-0.2, 0) is 19.1 Å². The zero-order valence-corrected chi connectivity index (χ0v) is 44.9. The molecule has 0 bridgehead atoms. The Morgan fingerprint density at radius 2 is 1.64 bits per heavy atom. The first-order valence-electron chi connectivity index (χ1n) is 26.1. The summed E-state index contributed by atoms with van der Waals surface area (Å²) in [4.78, 5) is 34.5. The van der Waals surface area contributed by atoms with Crippen molar-refractivity contribution in [1.29, 1.82) is 0 Å². The van der Waals surface area contributed by atoms with Crippen LogP contribution in [0.25, 0.3) is 0 Å². The summed E-state index contributed by atoms with van der Waals surface area (Å²) in [6, 6.07) is 0. The molecule has 3 fully saturated rings. The molecule has 3 N–H and O–H groups in total. The summed E-state index contributed by atoms with van der Waals surface area (Å²) in [5.41, 5.74) is 11.0. The number of allylic oxidation sites excluding steroid dienone is 6. The number of carbonyl (C=O) groups excluding carboxylic acids is 3. The Labute approximate surface area is 398 Å². The molecule has 8 unspecified atom stereocenters. The third-order valence-electron chi connectivity index (χ3n) is 13.8. The number of ketones is 1. The number of rotatable bonds is 22. The number of nitrogens with one attached hydrogen (secondary N) is 1. The summed E-state index contributed by atoms with van der Waals surface area (Å²) in [5.74, 6) is 4.63. The molecule has 2 aliphatic carbocycles. The van der Waals surface area contributed by atoms with E-state index in [1.54, 1.807) is 6.08 Å². The molecule has 2 saturated carbocycles. The molecule has 0 aromatic carbocycles. The Kier molecular flexibility index (Phi) is 35.3. The fourth-order valence-corrected chi connectivity index (χ4v) is 9.59. The zero-order chi connectivity index (χ0) is 49.5. The van der Waals surface area contributed by atoms with Crippen molar-refractivity contribution in [1.82, 2.24) is 5.32 Å². The Bertz CT molecular complexity index is 1390. The van der Waals surface area contributed by atoms with Crippen LogP contribution >= 0.6 is 0 Å². The van der Waals surface area contributed by atoms with E-state index < -0.39 is 5.54 Å². The van der Waals surface area contributed by atoms with Gasteiger partial charge < -0.3 is 15.8 Å². The maximum Gasteiger partial charge on any atom is 0.222 e. The summed E-state index contributed by atoms with van der Waals surface area (Å²) in [5, 5.41) is 3.11. The number of carbonyl (C=O) groups is 3. The minimum Gasteiger partial charge on any atom is -0.372 e. The summed E-state index contributed by atoms with van der Waals surface area (Å²) in [6.45, 7) is 44.7. The topological polar surface area (TPSA) is 98.5 Å². The molecule has 0 aromatic rings. The first-order chi connectivity index (χ1) is 30.2. The van der Waals surface area contributed by atoms with E-state index in [0.29, 0.717) is 65.9 Å². The van der Waals surface area contributed by atoms with Gasteiger partial charge in [-0.05, 0) is 165 Å².